The van der Waals surface area contributed by atoms with E-state index in [1.54, 1.807) is 12.1 Å². The molecule has 2 rings (SSSR count). The first-order chi connectivity index (χ1) is 8.65. The summed E-state index contributed by atoms with van der Waals surface area (Å²) in [4.78, 5) is 11.4. The second-order valence-electron chi connectivity index (χ2n) is 4.60. The van der Waals surface area contributed by atoms with Crippen molar-refractivity contribution in [3.8, 4) is 0 Å². The number of carbonyl (C=O) groups is 1. The molecule has 1 saturated carbocycles. The number of halogens is 1. The summed E-state index contributed by atoms with van der Waals surface area (Å²) in [6, 6.07) is 5.79. The van der Waals surface area contributed by atoms with Crippen LogP contribution in [0.5, 0.6) is 0 Å². The fourth-order valence-corrected chi connectivity index (χ4v) is 1.87. The van der Waals surface area contributed by atoms with Gasteiger partial charge in [-0.25, -0.2) is 0 Å². The molecule has 0 unspecified atom stereocenters. The standard InChI is InChI=1S/C13H18ClN3O/c14-9-3-6-12(11(15)8-9)16-7-1-2-13(18)17-10-4-5-10/h3,6,8,10,16H,1-2,4-5,7,15H2,(H,17,18). The van der Waals surface area contributed by atoms with Gasteiger partial charge in [0.25, 0.3) is 0 Å². The van der Waals surface area contributed by atoms with Crippen molar-refractivity contribution in [1.82, 2.24) is 5.32 Å². The van der Waals surface area contributed by atoms with E-state index in [4.69, 9.17) is 17.3 Å². The van der Waals surface area contributed by atoms with Crippen LogP contribution in [0.25, 0.3) is 0 Å². The summed E-state index contributed by atoms with van der Waals surface area (Å²) < 4.78 is 0. The molecule has 1 fully saturated rings. The van der Waals surface area contributed by atoms with E-state index in [0.29, 0.717) is 23.2 Å². The zero-order valence-electron chi connectivity index (χ0n) is 10.2. The Morgan fingerprint density at radius 2 is 2.22 bits per heavy atom. The average molecular weight is 268 g/mol. The van der Waals surface area contributed by atoms with Crippen molar-refractivity contribution in [2.75, 3.05) is 17.6 Å². The molecule has 1 aromatic rings. The highest BCUT2D eigenvalue weighted by molar-refractivity contribution is 6.31. The van der Waals surface area contributed by atoms with Gasteiger partial charge in [-0.3, -0.25) is 4.79 Å². The highest BCUT2D eigenvalue weighted by Gasteiger charge is 2.22. The maximum absolute atomic E-state index is 11.4. The molecule has 0 aromatic heterocycles. The second kappa shape index (κ2) is 5.96. The summed E-state index contributed by atoms with van der Waals surface area (Å²) >= 11 is 5.81. The summed E-state index contributed by atoms with van der Waals surface area (Å²) in [7, 11) is 0. The average Bonchev–Trinajstić information content (AvgIpc) is 3.10. The van der Waals surface area contributed by atoms with Gasteiger partial charge in [-0.2, -0.15) is 0 Å². The van der Waals surface area contributed by atoms with Gasteiger partial charge in [0.1, 0.15) is 0 Å². The van der Waals surface area contributed by atoms with Gasteiger partial charge in [0.15, 0.2) is 0 Å². The van der Waals surface area contributed by atoms with Gasteiger partial charge in [-0.1, -0.05) is 11.6 Å². The lowest BCUT2D eigenvalue weighted by atomic mass is 10.2. The number of benzene rings is 1. The summed E-state index contributed by atoms with van der Waals surface area (Å²) in [6.07, 6.45) is 3.61. The molecule has 0 spiro atoms. The monoisotopic (exact) mass is 267 g/mol. The smallest absolute Gasteiger partial charge is 0.220 e. The quantitative estimate of drug-likeness (QED) is 0.548. The highest BCUT2D eigenvalue weighted by atomic mass is 35.5. The van der Waals surface area contributed by atoms with E-state index in [2.05, 4.69) is 10.6 Å². The van der Waals surface area contributed by atoms with E-state index in [-0.39, 0.29) is 5.91 Å². The third-order valence-corrected chi connectivity index (χ3v) is 3.09. The van der Waals surface area contributed by atoms with Gasteiger partial charge >= 0.3 is 0 Å². The molecule has 5 heteroatoms. The second-order valence-corrected chi connectivity index (χ2v) is 5.04. The Morgan fingerprint density at radius 1 is 1.44 bits per heavy atom. The molecule has 4 nitrogen and oxygen atoms in total. The van der Waals surface area contributed by atoms with E-state index in [0.717, 1.165) is 31.5 Å². The topological polar surface area (TPSA) is 67.1 Å². The fourth-order valence-electron chi connectivity index (χ4n) is 1.69. The summed E-state index contributed by atoms with van der Waals surface area (Å²) in [5.41, 5.74) is 7.30. The van der Waals surface area contributed by atoms with Gasteiger partial charge in [-0.15, -0.1) is 0 Å². The zero-order chi connectivity index (χ0) is 13.0. The van der Waals surface area contributed by atoms with Crippen LogP contribution in [0.3, 0.4) is 0 Å². The van der Waals surface area contributed by atoms with Gasteiger partial charge in [0, 0.05) is 24.0 Å². The van der Waals surface area contributed by atoms with Crippen LogP contribution < -0.4 is 16.4 Å². The minimum Gasteiger partial charge on any atom is -0.397 e. The number of nitrogen functional groups attached to an aromatic ring is 1. The molecular formula is C13H18ClN3O. The first-order valence-corrected chi connectivity index (χ1v) is 6.61. The molecule has 1 aromatic carbocycles. The Morgan fingerprint density at radius 3 is 2.89 bits per heavy atom. The molecule has 1 aliphatic rings. The van der Waals surface area contributed by atoms with E-state index in [1.165, 1.54) is 0 Å². The predicted octanol–water partition coefficient (Wildman–Crippen LogP) is 2.39. The van der Waals surface area contributed by atoms with Crippen molar-refractivity contribution < 1.29 is 4.79 Å². The summed E-state index contributed by atoms with van der Waals surface area (Å²) in [5, 5.41) is 6.79. The SMILES string of the molecule is Nc1cc(Cl)ccc1NCCCC(=O)NC1CC1. The molecule has 0 radical (unpaired) electrons. The lowest BCUT2D eigenvalue weighted by molar-refractivity contribution is -0.121. The molecule has 98 valence electrons. The highest BCUT2D eigenvalue weighted by Crippen LogP contribution is 2.22. The van der Waals surface area contributed by atoms with Crippen molar-refractivity contribution in [3.63, 3.8) is 0 Å². The van der Waals surface area contributed by atoms with Crippen LogP contribution in [0.2, 0.25) is 5.02 Å². The molecule has 4 N–H and O–H groups in total. The Bertz CT molecular complexity index is 432. The molecule has 0 bridgehead atoms. The van der Waals surface area contributed by atoms with E-state index >= 15 is 0 Å². The van der Waals surface area contributed by atoms with E-state index in [9.17, 15) is 4.79 Å². The Labute approximate surface area is 112 Å². The van der Waals surface area contributed by atoms with Crippen molar-refractivity contribution in [3.05, 3.63) is 23.2 Å². The first kappa shape index (κ1) is 13.0. The minimum absolute atomic E-state index is 0.142. The Kier molecular flexibility index (Phi) is 4.31. The maximum Gasteiger partial charge on any atom is 0.220 e. The number of rotatable bonds is 6. The summed E-state index contributed by atoms with van der Waals surface area (Å²) in [5.74, 6) is 0.142. The molecule has 1 amide bonds. The largest absolute Gasteiger partial charge is 0.397 e. The van der Waals surface area contributed by atoms with Crippen LogP contribution in [0, 0.1) is 0 Å². The van der Waals surface area contributed by atoms with Crippen LogP contribution in [-0.2, 0) is 4.79 Å². The fraction of sp³-hybridized carbons (Fsp3) is 0.462. The molecule has 0 saturated heterocycles. The number of anilines is 2. The normalized spacial score (nSPS) is 14.3. The molecular weight excluding hydrogens is 250 g/mol. The van der Waals surface area contributed by atoms with Gasteiger partial charge in [0.05, 0.1) is 11.4 Å². The van der Waals surface area contributed by atoms with Crippen LogP contribution in [0.4, 0.5) is 11.4 Å². The number of nitrogens with one attached hydrogen (secondary N) is 2. The lowest BCUT2D eigenvalue weighted by Crippen LogP contribution is -2.25. The Hall–Kier alpha value is -1.42. The molecule has 0 aliphatic heterocycles. The minimum atomic E-state index is 0.142. The molecule has 1 aliphatic carbocycles. The number of carbonyl (C=O) groups excluding carboxylic acids is 1. The number of nitrogens with two attached hydrogens (primary N) is 1. The van der Waals surface area contributed by atoms with E-state index < -0.39 is 0 Å². The van der Waals surface area contributed by atoms with Crippen LogP contribution in [0.1, 0.15) is 25.7 Å². The van der Waals surface area contributed by atoms with Crippen LogP contribution in [-0.4, -0.2) is 18.5 Å². The van der Waals surface area contributed by atoms with Gasteiger partial charge in [0.2, 0.25) is 5.91 Å². The molecule has 18 heavy (non-hydrogen) atoms. The number of hydrogen-bond donors (Lipinski definition) is 3. The van der Waals surface area contributed by atoms with Crippen molar-refractivity contribution in [1.29, 1.82) is 0 Å². The van der Waals surface area contributed by atoms with Crippen molar-refractivity contribution in [2.24, 2.45) is 0 Å². The van der Waals surface area contributed by atoms with Crippen molar-refractivity contribution in [2.45, 2.75) is 31.7 Å². The Balaban J connectivity index is 1.66. The number of amides is 1. The van der Waals surface area contributed by atoms with Gasteiger partial charge in [-0.05, 0) is 37.5 Å². The lowest BCUT2D eigenvalue weighted by Gasteiger charge is -2.09. The zero-order valence-corrected chi connectivity index (χ0v) is 11.0. The first-order valence-electron chi connectivity index (χ1n) is 6.23. The molecule has 0 heterocycles. The third kappa shape index (κ3) is 4.11. The predicted molar refractivity (Wildman–Crippen MR) is 74.8 cm³/mol. The summed E-state index contributed by atoms with van der Waals surface area (Å²) in [6.45, 7) is 0.726. The molecule has 0 atom stereocenters. The third-order valence-electron chi connectivity index (χ3n) is 2.85. The number of hydrogen-bond acceptors (Lipinski definition) is 3. The van der Waals surface area contributed by atoms with Crippen molar-refractivity contribution >= 4 is 28.9 Å². The maximum atomic E-state index is 11.4. The van der Waals surface area contributed by atoms with E-state index in [1.807, 2.05) is 6.07 Å². The van der Waals surface area contributed by atoms with Crippen LogP contribution >= 0.6 is 11.6 Å². The van der Waals surface area contributed by atoms with Crippen LogP contribution in [0.15, 0.2) is 18.2 Å². The van der Waals surface area contributed by atoms with Gasteiger partial charge < -0.3 is 16.4 Å².